The minimum Gasteiger partial charge on any atom is -0.502 e. The number of ether oxygens (including phenoxy) is 1. The molecule has 0 atom stereocenters. The zero-order valence-electron chi connectivity index (χ0n) is 6.67. The lowest BCUT2D eigenvalue weighted by Crippen LogP contribution is -2.00. The van der Waals surface area contributed by atoms with Crippen LogP contribution in [0.15, 0.2) is 12.1 Å². The lowest BCUT2D eigenvalue weighted by molar-refractivity contribution is 0.355. The highest BCUT2D eigenvalue weighted by molar-refractivity contribution is 5.43. The first-order valence-electron chi connectivity index (χ1n) is 3.45. The van der Waals surface area contributed by atoms with Gasteiger partial charge in [-0.25, -0.2) is 4.39 Å². The summed E-state index contributed by atoms with van der Waals surface area (Å²) in [6, 6.07) is 2.95. The van der Waals surface area contributed by atoms with E-state index in [1.165, 1.54) is 19.2 Å². The van der Waals surface area contributed by atoms with Crippen molar-refractivity contribution in [2.45, 2.75) is 6.54 Å². The summed E-state index contributed by atoms with van der Waals surface area (Å²) in [5.74, 6) is -1.08. The first-order valence-corrected chi connectivity index (χ1v) is 3.45. The van der Waals surface area contributed by atoms with Crippen molar-refractivity contribution in [3.63, 3.8) is 0 Å². The van der Waals surface area contributed by atoms with Crippen LogP contribution in [0.2, 0.25) is 0 Å². The van der Waals surface area contributed by atoms with Gasteiger partial charge in [-0.2, -0.15) is 0 Å². The van der Waals surface area contributed by atoms with Crippen LogP contribution in [0.5, 0.6) is 11.5 Å². The Labute approximate surface area is 69.6 Å². The highest BCUT2D eigenvalue weighted by Gasteiger charge is 2.10. The van der Waals surface area contributed by atoms with E-state index in [9.17, 15) is 4.39 Å². The Morgan fingerprint density at radius 1 is 1.58 bits per heavy atom. The number of hydrogen-bond donors (Lipinski definition) is 2. The van der Waals surface area contributed by atoms with Gasteiger partial charge >= 0.3 is 0 Å². The second-order valence-electron chi connectivity index (χ2n) is 2.29. The molecule has 3 N–H and O–H groups in total. The van der Waals surface area contributed by atoms with E-state index in [0.29, 0.717) is 0 Å². The van der Waals surface area contributed by atoms with Crippen molar-refractivity contribution in [3.8, 4) is 11.5 Å². The average molecular weight is 171 g/mol. The Morgan fingerprint density at radius 3 is 2.75 bits per heavy atom. The van der Waals surface area contributed by atoms with Crippen molar-refractivity contribution < 1.29 is 14.2 Å². The normalized spacial score (nSPS) is 9.92. The molecular formula is C8H10FNO2. The number of phenols is 1. The number of hydrogen-bond acceptors (Lipinski definition) is 3. The van der Waals surface area contributed by atoms with E-state index in [4.69, 9.17) is 15.6 Å². The van der Waals surface area contributed by atoms with Crippen molar-refractivity contribution >= 4 is 0 Å². The van der Waals surface area contributed by atoms with E-state index in [0.717, 1.165) is 0 Å². The molecule has 0 saturated heterocycles. The quantitative estimate of drug-likeness (QED) is 0.697. The zero-order chi connectivity index (χ0) is 9.14. The smallest absolute Gasteiger partial charge is 0.194 e. The summed E-state index contributed by atoms with van der Waals surface area (Å²) >= 11 is 0. The minimum atomic E-state index is -0.711. The van der Waals surface area contributed by atoms with Crippen LogP contribution in [0.1, 0.15) is 5.56 Å². The maximum absolute atomic E-state index is 13.0. The van der Waals surface area contributed by atoms with Gasteiger partial charge in [0.15, 0.2) is 17.3 Å². The molecule has 1 aromatic carbocycles. The number of aromatic hydroxyl groups is 1. The summed E-state index contributed by atoms with van der Waals surface area (Å²) in [5.41, 5.74) is 5.49. The molecular weight excluding hydrogens is 161 g/mol. The van der Waals surface area contributed by atoms with Gasteiger partial charge in [0.05, 0.1) is 7.11 Å². The van der Waals surface area contributed by atoms with Crippen LogP contribution in [-0.4, -0.2) is 12.2 Å². The van der Waals surface area contributed by atoms with Gasteiger partial charge in [-0.15, -0.1) is 0 Å². The standard InChI is InChI=1S/C8H10FNO2/c1-12-6-3-2-5(4-10)7(9)8(6)11/h2-3,11H,4,10H2,1H3. The second kappa shape index (κ2) is 3.40. The van der Waals surface area contributed by atoms with Crippen LogP contribution in [0.25, 0.3) is 0 Å². The predicted molar refractivity (Wildman–Crippen MR) is 42.5 cm³/mol. The third-order valence-electron chi connectivity index (χ3n) is 1.60. The molecule has 3 nitrogen and oxygen atoms in total. The van der Waals surface area contributed by atoms with Crippen molar-refractivity contribution in [3.05, 3.63) is 23.5 Å². The van der Waals surface area contributed by atoms with Crippen LogP contribution in [0, 0.1) is 5.82 Å². The van der Waals surface area contributed by atoms with Crippen LogP contribution in [0.3, 0.4) is 0 Å². The SMILES string of the molecule is COc1ccc(CN)c(F)c1O. The molecule has 12 heavy (non-hydrogen) atoms. The highest BCUT2D eigenvalue weighted by Crippen LogP contribution is 2.30. The molecule has 0 heterocycles. The molecule has 4 heteroatoms. The molecule has 1 rings (SSSR count). The first-order chi connectivity index (χ1) is 5.70. The Morgan fingerprint density at radius 2 is 2.25 bits per heavy atom. The summed E-state index contributed by atoms with van der Waals surface area (Å²) < 4.78 is 17.7. The fourth-order valence-electron chi connectivity index (χ4n) is 0.911. The van der Waals surface area contributed by atoms with Crippen LogP contribution in [0.4, 0.5) is 4.39 Å². The molecule has 0 unspecified atom stereocenters. The van der Waals surface area contributed by atoms with Crippen molar-refractivity contribution in [2.24, 2.45) is 5.73 Å². The van der Waals surface area contributed by atoms with Gasteiger partial charge in [-0.1, -0.05) is 6.07 Å². The van der Waals surface area contributed by atoms with E-state index in [-0.39, 0.29) is 17.9 Å². The van der Waals surface area contributed by atoms with Gasteiger partial charge in [0.2, 0.25) is 0 Å². The van der Waals surface area contributed by atoms with Gasteiger partial charge in [0.1, 0.15) is 0 Å². The Hall–Kier alpha value is -1.29. The molecule has 0 aliphatic carbocycles. The van der Waals surface area contributed by atoms with Gasteiger partial charge in [0, 0.05) is 12.1 Å². The number of benzene rings is 1. The van der Waals surface area contributed by atoms with Crippen LogP contribution < -0.4 is 10.5 Å². The van der Waals surface area contributed by atoms with E-state index >= 15 is 0 Å². The fourth-order valence-corrected chi connectivity index (χ4v) is 0.911. The topological polar surface area (TPSA) is 55.5 Å². The highest BCUT2D eigenvalue weighted by atomic mass is 19.1. The van der Waals surface area contributed by atoms with Crippen molar-refractivity contribution in [2.75, 3.05) is 7.11 Å². The largest absolute Gasteiger partial charge is 0.502 e. The number of halogens is 1. The molecule has 0 radical (unpaired) electrons. The predicted octanol–water partition coefficient (Wildman–Crippen LogP) is 0.999. The maximum atomic E-state index is 13.0. The third-order valence-corrected chi connectivity index (χ3v) is 1.60. The average Bonchev–Trinajstić information content (AvgIpc) is 2.10. The molecule has 0 saturated carbocycles. The molecule has 0 aromatic heterocycles. The van der Waals surface area contributed by atoms with Gasteiger partial charge < -0.3 is 15.6 Å². The summed E-state index contributed by atoms with van der Waals surface area (Å²) in [5, 5.41) is 9.15. The summed E-state index contributed by atoms with van der Waals surface area (Å²) in [6.07, 6.45) is 0. The van der Waals surface area contributed by atoms with Crippen LogP contribution in [-0.2, 0) is 6.54 Å². The minimum absolute atomic E-state index is 0.0589. The van der Waals surface area contributed by atoms with Gasteiger partial charge in [-0.05, 0) is 6.07 Å². The van der Waals surface area contributed by atoms with E-state index in [1.54, 1.807) is 0 Å². The third kappa shape index (κ3) is 1.33. The molecule has 0 spiro atoms. The Bertz CT molecular complexity index is 260. The Kier molecular flexibility index (Phi) is 2.50. The Balaban J connectivity index is 3.20. The lowest BCUT2D eigenvalue weighted by Gasteiger charge is -2.06. The maximum Gasteiger partial charge on any atom is 0.194 e. The summed E-state index contributed by atoms with van der Waals surface area (Å²) in [4.78, 5) is 0. The van der Waals surface area contributed by atoms with Crippen LogP contribution >= 0.6 is 0 Å². The van der Waals surface area contributed by atoms with E-state index in [1.807, 2.05) is 0 Å². The molecule has 0 aliphatic rings. The monoisotopic (exact) mass is 171 g/mol. The molecule has 0 aliphatic heterocycles. The number of methoxy groups -OCH3 is 1. The summed E-state index contributed by atoms with van der Waals surface area (Å²) in [6.45, 7) is 0.0589. The van der Waals surface area contributed by atoms with Crippen molar-refractivity contribution in [1.29, 1.82) is 0 Å². The van der Waals surface area contributed by atoms with Gasteiger partial charge in [-0.3, -0.25) is 0 Å². The molecule has 66 valence electrons. The zero-order valence-corrected chi connectivity index (χ0v) is 6.67. The number of nitrogens with two attached hydrogens (primary N) is 1. The molecule has 0 fully saturated rings. The van der Waals surface area contributed by atoms with Gasteiger partial charge in [0.25, 0.3) is 0 Å². The molecule has 1 aromatic rings. The van der Waals surface area contributed by atoms with E-state index < -0.39 is 11.6 Å². The molecule has 0 amide bonds. The first kappa shape index (κ1) is 8.80. The van der Waals surface area contributed by atoms with Crippen molar-refractivity contribution in [1.82, 2.24) is 0 Å². The number of rotatable bonds is 2. The summed E-state index contributed by atoms with van der Waals surface area (Å²) in [7, 11) is 1.36. The number of phenolic OH excluding ortho intramolecular Hbond substituents is 1. The fraction of sp³-hybridized carbons (Fsp3) is 0.250. The second-order valence-corrected chi connectivity index (χ2v) is 2.29. The molecule has 0 bridgehead atoms. The lowest BCUT2D eigenvalue weighted by atomic mass is 10.2. The van der Waals surface area contributed by atoms with E-state index in [2.05, 4.69) is 0 Å².